The van der Waals surface area contributed by atoms with Crippen LogP contribution >= 0.6 is 0 Å². The summed E-state index contributed by atoms with van der Waals surface area (Å²) < 4.78 is 1.96. The van der Waals surface area contributed by atoms with Crippen molar-refractivity contribution in [2.75, 3.05) is 13.1 Å². The van der Waals surface area contributed by atoms with Gasteiger partial charge in [0.25, 0.3) is 0 Å². The summed E-state index contributed by atoms with van der Waals surface area (Å²) in [6, 6.07) is 0.483. The topological polar surface area (TPSA) is 41.9 Å². The molecule has 14 heavy (non-hydrogen) atoms. The maximum atomic E-state index is 4.25. The Balaban J connectivity index is 2.20. The van der Waals surface area contributed by atoms with E-state index in [1.807, 2.05) is 24.1 Å². The van der Waals surface area contributed by atoms with Gasteiger partial charge >= 0.3 is 0 Å². The highest BCUT2D eigenvalue weighted by Crippen LogP contribution is 1.93. The Morgan fingerprint density at radius 1 is 1.57 bits per heavy atom. The van der Waals surface area contributed by atoms with E-state index < -0.39 is 0 Å². The fraction of sp³-hybridized carbons (Fsp3) is 0.700. The Labute approximate surface area is 85.7 Å². The van der Waals surface area contributed by atoms with Crippen LogP contribution in [0.2, 0.25) is 0 Å². The van der Waals surface area contributed by atoms with Crippen LogP contribution in [0, 0.1) is 0 Å². The minimum Gasteiger partial charge on any atom is -0.340 e. The second kappa shape index (κ2) is 5.78. The molecule has 1 atom stereocenters. The standard InChI is InChI=1S/C10H20N4/c1-4-11-5-9(2)12-6-10-7-14(3)8-13-10/h7-9,11-12H,4-6H2,1-3H3. The van der Waals surface area contributed by atoms with Gasteiger partial charge in [0.05, 0.1) is 12.0 Å². The van der Waals surface area contributed by atoms with Gasteiger partial charge in [-0.05, 0) is 13.5 Å². The molecule has 4 nitrogen and oxygen atoms in total. The maximum Gasteiger partial charge on any atom is 0.0947 e. The fourth-order valence-electron chi connectivity index (χ4n) is 1.27. The first-order valence-corrected chi connectivity index (χ1v) is 5.13. The zero-order valence-electron chi connectivity index (χ0n) is 9.25. The molecule has 1 aromatic rings. The van der Waals surface area contributed by atoms with E-state index in [4.69, 9.17) is 0 Å². The lowest BCUT2D eigenvalue weighted by molar-refractivity contribution is 0.506. The van der Waals surface area contributed by atoms with E-state index in [0.29, 0.717) is 6.04 Å². The fourth-order valence-corrected chi connectivity index (χ4v) is 1.27. The molecule has 80 valence electrons. The van der Waals surface area contributed by atoms with E-state index in [1.54, 1.807) is 0 Å². The van der Waals surface area contributed by atoms with Crippen molar-refractivity contribution in [3.05, 3.63) is 18.2 Å². The minimum absolute atomic E-state index is 0.483. The third-order valence-electron chi connectivity index (χ3n) is 2.09. The number of aromatic nitrogens is 2. The van der Waals surface area contributed by atoms with Crippen LogP contribution in [0.5, 0.6) is 0 Å². The average Bonchev–Trinajstić information content (AvgIpc) is 2.58. The van der Waals surface area contributed by atoms with Crippen LogP contribution in [0.3, 0.4) is 0 Å². The van der Waals surface area contributed by atoms with Crippen molar-refractivity contribution < 1.29 is 0 Å². The zero-order valence-corrected chi connectivity index (χ0v) is 9.25. The van der Waals surface area contributed by atoms with E-state index in [2.05, 4.69) is 29.5 Å². The first-order valence-electron chi connectivity index (χ1n) is 5.13. The van der Waals surface area contributed by atoms with Gasteiger partial charge in [-0.15, -0.1) is 0 Å². The van der Waals surface area contributed by atoms with Crippen molar-refractivity contribution >= 4 is 0 Å². The number of nitrogens with one attached hydrogen (secondary N) is 2. The third-order valence-corrected chi connectivity index (χ3v) is 2.09. The summed E-state index contributed by atoms with van der Waals surface area (Å²) in [7, 11) is 1.98. The van der Waals surface area contributed by atoms with Gasteiger partial charge in [-0.25, -0.2) is 4.98 Å². The number of aryl methyl sites for hydroxylation is 1. The van der Waals surface area contributed by atoms with E-state index >= 15 is 0 Å². The van der Waals surface area contributed by atoms with Crippen molar-refractivity contribution in [2.45, 2.75) is 26.4 Å². The Kier molecular flexibility index (Phi) is 4.62. The highest BCUT2D eigenvalue weighted by Gasteiger charge is 2.01. The van der Waals surface area contributed by atoms with Crippen LogP contribution in [0.4, 0.5) is 0 Å². The number of likely N-dealkylation sites (N-methyl/N-ethyl adjacent to an activating group) is 1. The Morgan fingerprint density at radius 3 is 2.93 bits per heavy atom. The molecule has 4 heteroatoms. The quantitative estimate of drug-likeness (QED) is 0.696. The predicted octanol–water partition coefficient (Wildman–Crippen LogP) is 0.508. The normalized spacial score (nSPS) is 13.1. The van der Waals surface area contributed by atoms with Crippen LogP contribution in [0.25, 0.3) is 0 Å². The van der Waals surface area contributed by atoms with Crippen molar-refractivity contribution in [3.8, 4) is 0 Å². The molecule has 0 bridgehead atoms. The first kappa shape index (κ1) is 11.2. The molecule has 1 aromatic heterocycles. The highest BCUT2D eigenvalue weighted by atomic mass is 15.0. The monoisotopic (exact) mass is 196 g/mol. The number of hydrogen-bond donors (Lipinski definition) is 2. The van der Waals surface area contributed by atoms with Gasteiger partial charge < -0.3 is 15.2 Å². The van der Waals surface area contributed by atoms with E-state index in [9.17, 15) is 0 Å². The van der Waals surface area contributed by atoms with E-state index in [1.165, 1.54) is 0 Å². The van der Waals surface area contributed by atoms with Gasteiger partial charge in [-0.1, -0.05) is 6.92 Å². The summed E-state index contributed by atoms with van der Waals surface area (Å²) in [5.41, 5.74) is 1.09. The molecule has 1 heterocycles. The molecule has 0 aromatic carbocycles. The van der Waals surface area contributed by atoms with Crippen LogP contribution in [-0.4, -0.2) is 28.7 Å². The third kappa shape index (κ3) is 3.89. The second-order valence-electron chi connectivity index (χ2n) is 3.62. The van der Waals surface area contributed by atoms with Crippen LogP contribution in [-0.2, 0) is 13.6 Å². The van der Waals surface area contributed by atoms with Gasteiger partial charge in [0.15, 0.2) is 0 Å². The molecule has 2 N–H and O–H groups in total. The van der Waals surface area contributed by atoms with Crippen LogP contribution in [0.1, 0.15) is 19.5 Å². The largest absolute Gasteiger partial charge is 0.340 e. The molecule has 0 saturated carbocycles. The lowest BCUT2D eigenvalue weighted by Gasteiger charge is -2.12. The molecular weight excluding hydrogens is 176 g/mol. The van der Waals surface area contributed by atoms with Crippen LogP contribution < -0.4 is 10.6 Å². The van der Waals surface area contributed by atoms with Gasteiger partial charge in [0.2, 0.25) is 0 Å². The van der Waals surface area contributed by atoms with E-state index in [-0.39, 0.29) is 0 Å². The molecule has 0 fully saturated rings. The minimum atomic E-state index is 0.483. The maximum absolute atomic E-state index is 4.25. The predicted molar refractivity (Wildman–Crippen MR) is 58.1 cm³/mol. The summed E-state index contributed by atoms with van der Waals surface area (Å²) in [5.74, 6) is 0. The molecule has 0 aliphatic heterocycles. The number of imidazole rings is 1. The van der Waals surface area contributed by atoms with Gasteiger partial charge in [-0.2, -0.15) is 0 Å². The lowest BCUT2D eigenvalue weighted by Crippen LogP contribution is -2.35. The molecule has 0 aliphatic rings. The molecule has 0 radical (unpaired) electrons. The molecule has 0 aliphatic carbocycles. The first-order chi connectivity index (χ1) is 6.72. The number of nitrogens with zero attached hydrogens (tertiary/aromatic N) is 2. The average molecular weight is 196 g/mol. The summed E-state index contributed by atoms with van der Waals surface area (Å²) in [4.78, 5) is 4.25. The van der Waals surface area contributed by atoms with Crippen LogP contribution in [0.15, 0.2) is 12.5 Å². The van der Waals surface area contributed by atoms with Crippen molar-refractivity contribution in [1.82, 2.24) is 20.2 Å². The molecule has 0 spiro atoms. The number of hydrogen-bond acceptors (Lipinski definition) is 3. The SMILES string of the molecule is CCNCC(C)NCc1cn(C)cn1. The Hall–Kier alpha value is -0.870. The van der Waals surface area contributed by atoms with Crippen molar-refractivity contribution in [1.29, 1.82) is 0 Å². The summed E-state index contributed by atoms with van der Waals surface area (Å²) in [6.45, 7) is 7.16. The molecule has 1 unspecified atom stereocenters. The van der Waals surface area contributed by atoms with Gasteiger partial charge in [-0.3, -0.25) is 0 Å². The summed E-state index contributed by atoms with van der Waals surface area (Å²) in [6.07, 6.45) is 3.86. The van der Waals surface area contributed by atoms with Gasteiger partial charge in [0, 0.05) is 32.4 Å². The van der Waals surface area contributed by atoms with Crippen molar-refractivity contribution in [2.24, 2.45) is 7.05 Å². The smallest absolute Gasteiger partial charge is 0.0947 e. The lowest BCUT2D eigenvalue weighted by atomic mass is 10.3. The second-order valence-corrected chi connectivity index (χ2v) is 3.62. The summed E-state index contributed by atoms with van der Waals surface area (Å²) >= 11 is 0. The zero-order chi connectivity index (χ0) is 10.4. The molecular formula is C10H20N4. The van der Waals surface area contributed by atoms with Crippen molar-refractivity contribution in [3.63, 3.8) is 0 Å². The van der Waals surface area contributed by atoms with E-state index in [0.717, 1.165) is 25.3 Å². The highest BCUT2D eigenvalue weighted by molar-refractivity contribution is 4.95. The van der Waals surface area contributed by atoms with Gasteiger partial charge in [0.1, 0.15) is 0 Å². The summed E-state index contributed by atoms with van der Waals surface area (Å²) in [5, 5.41) is 6.71. The Morgan fingerprint density at radius 2 is 2.36 bits per heavy atom. The number of rotatable bonds is 6. The molecule has 0 amide bonds. The Bertz CT molecular complexity index is 256. The molecule has 1 rings (SSSR count). The molecule has 0 saturated heterocycles.